The number of anilines is 1. The minimum Gasteiger partial charge on any atom is -0.466 e. The minimum atomic E-state index is -0.877. The van der Waals surface area contributed by atoms with Gasteiger partial charge in [0.2, 0.25) is 0 Å². The van der Waals surface area contributed by atoms with E-state index in [-0.39, 0.29) is 22.7 Å². The van der Waals surface area contributed by atoms with Crippen molar-refractivity contribution in [2.45, 2.75) is 12.8 Å². The topological polar surface area (TPSA) is 106 Å². The van der Waals surface area contributed by atoms with Crippen LogP contribution in [0.4, 0.5) is 5.69 Å². The molecule has 0 aromatic heterocycles. The molecule has 2 aromatic rings. The van der Waals surface area contributed by atoms with E-state index in [2.05, 4.69) is 6.07 Å². The molecule has 0 aliphatic carbocycles. The maximum atomic E-state index is 12.9. The van der Waals surface area contributed by atoms with E-state index < -0.39 is 17.9 Å². The summed E-state index contributed by atoms with van der Waals surface area (Å²) >= 11 is 0. The van der Waals surface area contributed by atoms with Crippen LogP contribution in [0.3, 0.4) is 0 Å². The van der Waals surface area contributed by atoms with Crippen LogP contribution < -0.4 is 10.6 Å². The lowest BCUT2D eigenvalue weighted by atomic mass is 9.81. The first kappa shape index (κ1) is 20.7. The smallest absolute Gasteiger partial charge is 0.355 e. The molecule has 1 unspecified atom stereocenters. The lowest BCUT2D eigenvalue weighted by molar-refractivity contribution is -0.139. The van der Waals surface area contributed by atoms with Crippen LogP contribution in [0.5, 0.6) is 0 Å². The Labute approximate surface area is 174 Å². The molecule has 3 rings (SSSR count). The van der Waals surface area contributed by atoms with Gasteiger partial charge < -0.3 is 15.2 Å². The lowest BCUT2D eigenvalue weighted by Gasteiger charge is -2.36. The number of carbonyl (C=O) groups excluding carboxylic acids is 2. The van der Waals surface area contributed by atoms with Gasteiger partial charge in [-0.2, -0.15) is 5.26 Å². The van der Waals surface area contributed by atoms with Gasteiger partial charge in [0.15, 0.2) is 0 Å². The van der Waals surface area contributed by atoms with Crippen LogP contribution in [0.25, 0.3) is 0 Å². The number of esters is 2. The monoisotopic (exact) mass is 403 g/mol. The maximum Gasteiger partial charge on any atom is 0.355 e. The Morgan fingerprint density at radius 2 is 1.60 bits per heavy atom. The van der Waals surface area contributed by atoms with Crippen LogP contribution >= 0.6 is 0 Å². The summed E-state index contributed by atoms with van der Waals surface area (Å²) in [5, 5.41) is 9.98. The van der Waals surface area contributed by atoms with Crippen molar-refractivity contribution in [3.63, 3.8) is 0 Å². The number of allylic oxidation sites excluding steroid dienone is 1. The second-order valence-corrected chi connectivity index (χ2v) is 6.62. The highest BCUT2D eigenvalue weighted by Crippen LogP contribution is 2.43. The molecule has 30 heavy (non-hydrogen) atoms. The summed E-state index contributed by atoms with van der Waals surface area (Å²) in [6, 6.07) is 18.2. The van der Waals surface area contributed by atoms with Crippen LogP contribution in [-0.4, -0.2) is 26.2 Å². The third kappa shape index (κ3) is 3.40. The first-order valence-electron chi connectivity index (χ1n) is 9.17. The van der Waals surface area contributed by atoms with E-state index >= 15 is 0 Å². The van der Waals surface area contributed by atoms with E-state index in [4.69, 9.17) is 15.2 Å². The number of aryl methyl sites for hydroxylation is 1. The molecule has 0 saturated heterocycles. The number of rotatable bonds is 4. The predicted octanol–water partition coefficient (Wildman–Crippen LogP) is 2.89. The molecule has 0 fully saturated rings. The number of nitriles is 1. The van der Waals surface area contributed by atoms with Gasteiger partial charge in [-0.05, 0) is 24.1 Å². The lowest BCUT2D eigenvalue weighted by Crippen LogP contribution is -2.41. The van der Waals surface area contributed by atoms with E-state index in [1.807, 2.05) is 25.1 Å². The molecule has 1 aliphatic rings. The van der Waals surface area contributed by atoms with Crippen LogP contribution in [-0.2, 0) is 19.1 Å². The van der Waals surface area contributed by atoms with Crippen molar-refractivity contribution in [1.29, 1.82) is 5.26 Å². The Kier molecular flexibility index (Phi) is 5.88. The van der Waals surface area contributed by atoms with Gasteiger partial charge in [0.05, 0.1) is 43.0 Å². The van der Waals surface area contributed by atoms with Crippen molar-refractivity contribution in [3.05, 3.63) is 88.4 Å². The quantitative estimate of drug-likeness (QED) is 0.783. The Bertz CT molecular complexity index is 1100. The van der Waals surface area contributed by atoms with Crippen LogP contribution in [0.2, 0.25) is 0 Å². The first-order chi connectivity index (χ1) is 14.5. The molecule has 1 atom stereocenters. The van der Waals surface area contributed by atoms with E-state index in [1.165, 1.54) is 19.1 Å². The molecule has 152 valence electrons. The van der Waals surface area contributed by atoms with Gasteiger partial charge in [-0.1, -0.05) is 48.5 Å². The van der Waals surface area contributed by atoms with Gasteiger partial charge in [0.1, 0.15) is 11.5 Å². The molecule has 0 bridgehead atoms. The van der Waals surface area contributed by atoms with Crippen molar-refractivity contribution >= 4 is 17.6 Å². The molecule has 0 saturated carbocycles. The van der Waals surface area contributed by atoms with Crippen molar-refractivity contribution in [2.24, 2.45) is 5.73 Å². The van der Waals surface area contributed by atoms with Crippen molar-refractivity contribution in [1.82, 2.24) is 0 Å². The zero-order valence-corrected chi connectivity index (χ0v) is 16.9. The molecule has 7 nitrogen and oxygen atoms in total. The fourth-order valence-corrected chi connectivity index (χ4v) is 3.58. The third-order valence-electron chi connectivity index (χ3n) is 4.97. The molecule has 1 aliphatic heterocycles. The summed E-state index contributed by atoms with van der Waals surface area (Å²) in [5.74, 6) is -2.34. The number of nitrogens with zero attached hydrogens (tertiary/aromatic N) is 2. The first-order valence-corrected chi connectivity index (χ1v) is 9.17. The number of hydrogen-bond donors (Lipinski definition) is 1. The second kappa shape index (κ2) is 8.53. The SMILES string of the molecule is COC(=O)C1=C(C(=O)OC)N(c2ccccc2C)C(N)=C(C#N)C1c1ccccc1. The zero-order valence-electron chi connectivity index (χ0n) is 16.9. The number of nitrogens with two attached hydrogens (primary N) is 1. The zero-order chi connectivity index (χ0) is 21.8. The van der Waals surface area contributed by atoms with Crippen LogP contribution in [0, 0.1) is 18.3 Å². The van der Waals surface area contributed by atoms with E-state index in [1.54, 1.807) is 36.4 Å². The largest absolute Gasteiger partial charge is 0.466 e. The number of methoxy groups -OCH3 is 2. The summed E-state index contributed by atoms with van der Waals surface area (Å²) in [6.07, 6.45) is 0. The average molecular weight is 403 g/mol. The summed E-state index contributed by atoms with van der Waals surface area (Å²) in [7, 11) is 2.44. The summed E-state index contributed by atoms with van der Waals surface area (Å²) in [5.41, 5.74) is 8.46. The van der Waals surface area contributed by atoms with Crippen molar-refractivity contribution in [3.8, 4) is 6.07 Å². The highest BCUT2D eigenvalue weighted by molar-refractivity contribution is 6.06. The van der Waals surface area contributed by atoms with Gasteiger partial charge in [-0.3, -0.25) is 4.90 Å². The van der Waals surface area contributed by atoms with E-state index in [0.29, 0.717) is 11.3 Å². The number of carbonyl (C=O) groups is 2. The number of benzene rings is 2. The Hall–Kier alpha value is -4.05. The summed E-state index contributed by atoms with van der Waals surface area (Å²) < 4.78 is 10.0. The molecule has 0 amide bonds. The Morgan fingerprint density at radius 3 is 2.17 bits per heavy atom. The Morgan fingerprint density at radius 1 is 1.00 bits per heavy atom. The Balaban J connectivity index is 2.43. The number of hydrogen-bond acceptors (Lipinski definition) is 7. The van der Waals surface area contributed by atoms with Gasteiger partial charge in [0.25, 0.3) is 0 Å². The highest BCUT2D eigenvalue weighted by atomic mass is 16.5. The molecule has 7 heteroatoms. The summed E-state index contributed by atoms with van der Waals surface area (Å²) in [4.78, 5) is 27.2. The molecular weight excluding hydrogens is 382 g/mol. The molecule has 2 N–H and O–H groups in total. The third-order valence-corrected chi connectivity index (χ3v) is 4.97. The van der Waals surface area contributed by atoms with Gasteiger partial charge in [-0.25, -0.2) is 9.59 Å². The normalized spacial score (nSPS) is 16.2. The van der Waals surface area contributed by atoms with E-state index in [9.17, 15) is 14.9 Å². The van der Waals surface area contributed by atoms with Gasteiger partial charge >= 0.3 is 11.9 Å². The van der Waals surface area contributed by atoms with Crippen LogP contribution in [0.15, 0.2) is 77.3 Å². The average Bonchev–Trinajstić information content (AvgIpc) is 2.78. The molecule has 2 aromatic carbocycles. The van der Waals surface area contributed by atoms with Gasteiger partial charge in [-0.15, -0.1) is 0 Å². The number of ether oxygens (including phenoxy) is 2. The second-order valence-electron chi connectivity index (χ2n) is 6.62. The molecule has 0 spiro atoms. The maximum absolute atomic E-state index is 12.9. The van der Waals surface area contributed by atoms with Crippen molar-refractivity contribution < 1.29 is 19.1 Å². The van der Waals surface area contributed by atoms with Crippen molar-refractivity contribution in [2.75, 3.05) is 19.1 Å². The fourth-order valence-electron chi connectivity index (χ4n) is 3.58. The highest BCUT2D eigenvalue weighted by Gasteiger charge is 2.43. The predicted molar refractivity (Wildman–Crippen MR) is 111 cm³/mol. The van der Waals surface area contributed by atoms with E-state index in [0.717, 1.165) is 5.56 Å². The standard InChI is InChI=1S/C23H21N3O4/c1-14-9-7-8-12-17(14)26-20(23(28)30-3)19(22(27)29-2)18(16(13-24)21(26)25)15-10-5-4-6-11-15/h4-12,18H,25H2,1-3H3. The molecule has 1 heterocycles. The number of para-hydroxylation sites is 1. The molecule has 0 radical (unpaired) electrons. The fraction of sp³-hybridized carbons (Fsp3) is 0.174. The minimum absolute atomic E-state index is 0.00967. The van der Waals surface area contributed by atoms with Gasteiger partial charge in [0, 0.05) is 0 Å². The van der Waals surface area contributed by atoms with Crippen LogP contribution in [0.1, 0.15) is 17.0 Å². The summed E-state index contributed by atoms with van der Waals surface area (Å²) in [6.45, 7) is 1.84. The molecular formula is C23H21N3O4.